The molecule has 1 saturated carbocycles. The highest BCUT2D eigenvalue weighted by Gasteiger charge is 2.49. The Morgan fingerprint density at radius 2 is 1.90 bits per heavy atom. The van der Waals surface area contributed by atoms with Gasteiger partial charge in [-0.3, -0.25) is 0 Å². The second kappa shape index (κ2) is 8.57. The van der Waals surface area contributed by atoms with Crippen LogP contribution in [0.1, 0.15) is 43.8 Å². The molecule has 0 radical (unpaired) electrons. The number of urea groups is 1. The van der Waals surface area contributed by atoms with Crippen LogP contribution in [0.2, 0.25) is 0 Å². The molecule has 4 atom stereocenters. The number of rotatable bonds is 4. The Balaban J connectivity index is 1.17. The highest BCUT2D eigenvalue weighted by molar-refractivity contribution is 5.74. The Morgan fingerprint density at radius 1 is 1.10 bits per heavy atom. The largest absolute Gasteiger partial charge is 0.378 e. The van der Waals surface area contributed by atoms with Gasteiger partial charge in [-0.2, -0.15) is 0 Å². The van der Waals surface area contributed by atoms with E-state index in [2.05, 4.69) is 21.8 Å². The molecule has 1 aromatic heterocycles. The third-order valence-electron chi connectivity index (χ3n) is 6.75. The number of aromatic nitrogens is 3. The molecule has 9 heteroatoms. The van der Waals surface area contributed by atoms with Gasteiger partial charge in [0.25, 0.3) is 0 Å². The first kappa shape index (κ1) is 19.3. The van der Waals surface area contributed by atoms with E-state index in [0.717, 1.165) is 18.0 Å². The molecular weight excluding hydrogens is 374 g/mol. The van der Waals surface area contributed by atoms with Gasteiger partial charge >= 0.3 is 6.03 Å². The number of carbonyl (C=O) groups is 1. The van der Waals surface area contributed by atoms with Crippen LogP contribution in [0.3, 0.4) is 0 Å². The normalized spacial score (nSPS) is 33.0. The van der Waals surface area contributed by atoms with Crippen molar-refractivity contribution >= 4 is 6.03 Å². The minimum atomic E-state index is -0.143. The lowest BCUT2D eigenvalue weighted by molar-refractivity contribution is 0.0485. The van der Waals surface area contributed by atoms with Gasteiger partial charge in [0.1, 0.15) is 18.2 Å². The van der Waals surface area contributed by atoms with E-state index < -0.39 is 0 Å². The van der Waals surface area contributed by atoms with E-state index in [1.807, 2.05) is 4.68 Å². The lowest BCUT2D eigenvalue weighted by atomic mass is 9.86. The van der Waals surface area contributed by atoms with Gasteiger partial charge in [-0.25, -0.2) is 9.48 Å². The number of hydrogen-bond acceptors (Lipinski definition) is 6. The van der Waals surface area contributed by atoms with Gasteiger partial charge in [0, 0.05) is 19.3 Å². The summed E-state index contributed by atoms with van der Waals surface area (Å²) >= 11 is 0. The number of morpholine rings is 1. The highest BCUT2D eigenvalue weighted by atomic mass is 16.6. The van der Waals surface area contributed by atoms with E-state index in [0.29, 0.717) is 39.5 Å². The van der Waals surface area contributed by atoms with E-state index in [1.54, 1.807) is 4.90 Å². The Bertz CT molecular complexity index is 701. The van der Waals surface area contributed by atoms with Gasteiger partial charge in [-0.1, -0.05) is 37.3 Å². The molecule has 0 bridgehead atoms. The second-order valence-corrected chi connectivity index (χ2v) is 8.72. The van der Waals surface area contributed by atoms with Crippen LogP contribution in [0.4, 0.5) is 4.79 Å². The van der Waals surface area contributed by atoms with Crippen LogP contribution in [0, 0.1) is 5.92 Å². The first-order valence-corrected chi connectivity index (χ1v) is 11.0. The van der Waals surface area contributed by atoms with Crippen molar-refractivity contribution in [3.05, 3.63) is 11.9 Å². The van der Waals surface area contributed by atoms with Crippen LogP contribution in [0.5, 0.6) is 0 Å². The molecule has 3 saturated heterocycles. The Hall–Kier alpha value is -1.71. The number of amides is 2. The number of nitrogens with one attached hydrogen (secondary N) is 1. The molecule has 4 heterocycles. The fourth-order valence-electron chi connectivity index (χ4n) is 5.10. The van der Waals surface area contributed by atoms with E-state index in [1.165, 1.54) is 32.1 Å². The molecule has 4 unspecified atom stereocenters. The van der Waals surface area contributed by atoms with Crippen molar-refractivity contribution in [1.82, 2.24) is 25.2 Å². The van der Waals surface area contributed by atoms with Crippen molar-refractivity contribution < 1.29 is 19.0 Å². The standard InChI is InChI=1S/C20H31N5O4/c26-20(24-6-8-27-9-7-24)21-16-12-28-19-17(13-29-18(16)19)25-11-15(22-23-25)10-14-4-2-1-3-5-14/h11,14,16-19H,1-10,12-13H2,(H,21,26). The van der Waals surface area contributed by atoms with Crippen molar-refractivity contribution in [2.75, 3.05) is 39.5 Å². The van der Waals surface area contributed by atoms with Crippen LogP contribution in [-0.4, -0.2) is 83.7 Å². The molecule has 29 heavy (non-hydrogen) atoms. The summed E-state index contributed by atoms with van der Waals surface area (Å²) in [4.78, 5) is 14.3. The fraction of sp³-hybridized carbons (Fsp3) is 0.850. The summed E-state index contributed by atoms with van der Waals surface area (Å²) < 4.78 is 19.3. The number of fused-ring (bicyclic) bond motifs is 1. The zero-order valence-electron chi connectivity index (χ0n) is 16.9. The number of hydrogen-bond donors (Lipinski definition) is 1. The van der Waals surface area contributed by atoms with Crippen LogP contribution in [0.25, 0.3) is 0 Å². The predicted molar refractivity (Wildman–Crippen MR) is 104 cm³/mol. The summed E-state index contributed by atoms with van der Waals surface area (Å²) in [5.74, 6) is 0.740. The molecule has 4 fully saturated rings. The molecule has 0 spiro atoms. The third kappa shape index (κ3) is 4.13. The van der Waals surface area contributed by atoms with E-state index in [4.69, 9.17) is 14.2 Å². The number of carbonyl (C=O) groups excluding carboxylic acids is 1. The van der Waals surface area contributed by atoms with Crippen molar-refractivity contribution in [3.63, 3.8) is 0 Å². The topological polar surface area (TPSA) is 90.7 Å². The van der Waals surface area contributed by atoms with Crippen LogP contribution < -0.4 is 5.32 Å². The SMILES string of the molecule is O=C(NC1COC2C1OCC2n1cc(CC2CCCCC2)nn1)N1CCOCC1. The molecule has 3 aliphatic heterocycles. The zero-order valence-corrected chi connectivity index (χ0v) is 16.9. The molecule has 1 aromatic rings. The van der Waals surface area contributed by atoms with E-state index in [9.17, 15) is 4.79 Å². The van der Waals surface area contributed by atoms with Crippen molar-refractivity contribution in [2.45, 2.75) is 62.8 Å². The average Bonchev–Trinajstić information content (AvgIpc) is 3.47. The first-order valence-electron chi connectivity index (χ1n) is 11.0. The predicted octanol–water partition coefficient (Wildman–Crippen LogP) is 1.15. The van der Waals surface area contributed by atoms with Crippen LogP contribution >= 0.6 is 0 Å². The summed E-state index contributed by atoms with van der Waals surface area (Å²) in [6.07, 6.45) is 9.48. The molecule has 1 N–H and O–H groups in total. The molecule has 160 valence electrons. The Labute approximate surface area is 171 Å². The summed E-state index contributed by atoms with van der Waals surface area (Å²) in [5, 5.41) is 11.9. The monoisotopic (exact) mass is 405 g/mol. The van der Waals surface area contributed by atoms with Gasteiger partial charge in [-0.15, -0.1) is 5.10 Å². The summed E-state index contributed by atoms with van der Waals surface area (Å²) in [7, 11) is 0. The van der Waals surface area contributed by atoms with Crippen molar-refractivity contribution in [1.29, 1.82) is 0 Å². The second-order valence-electron chi connectivity index (χ2n) is 8.72. The third-order valence-corrected chi connectivity index (χ3v) is 6.75. The number of ether oxygens (including phenoxy) is 3. The summed E-state index contributed by atoms with van der Waals surface area (Å²) in [5.41, 5.74) is 1.07. The van der Waals surface area contributed by atoms with Crippen molar-refractivity contribution in [2.24, 2.45) is 5.92 Å². The lowest BCUT2D eigenvalue weighted by Gasteiger charge is -2.29. The molecule has 2 amide bonds. The molecule has 1 aliphatic carbocycles. The lowest BCUT2D eigenvalue weighted by Crippen LogP contribution is -2.52. The maximum absolute atomic E-state index is 12.5. The minimum absolute atomic E-state index is 0.0119. The molecular formula is C20H31N5O4. The van der Waals surface area contributed by atoms with E-state index in [-0.39, 0.29) is 30.3 Å². The quantitative estimate of drug-likeness (QED) is 0.808. The number of nitrogens with zero attached hydrogens (tertiary/aromatic N) is 4. The minimum Gasteiger partial charge on any atom is -0.378 e. The highest BCUT2D eigenvalue weighted by Crippen LogP contribution is 2.34. The summed E-state index contributed by atoms with van der Waals surface area (Å²) in [6, 6.07) is -0.186. The average molecular weight is 405 g/mol. The van der Waals surface area contributed by atoms with Crippen LogP contribution in [-0.2, 0) is 20.6 Å². The smallest absolute Gasteiger partial charge is 0.317 e. The van der Waals surface area contributed by atoms with Gasteiger partial charge in [0.05, 0.1) is 38.2 Å². The Kier molecular flexibility index (Phi) is 5.69. The van der Waals surface area contributed by atoms with E-state index >= 15 is 0 Å². The van der Waals surface area contributed by atoms with Gasteiger partial charge in [0.15, 0.2) is 0 Å². The zero-order chi connectivity index (χ0) is 19.6. The molecule has 5 rings (SSSR count). The van der Waals surface area contributed by atoms with Crippen molar-refractivity contribution in [3.8, 4) is 0 Å². The summed E-state index contributed by atoms with van der Waals surface area (Å²) in [6.45, 7) is 3.43. The van der Waals surface area contributed by atoms with Gasteiger partial charge in [0.2, 0.25) is 0 Å². The molecule has 0 aromatic carbocycles. The van der Waals surface area contributed by atoms with Gasteiger partial charge < -0.3 is 24.4 Å². The maximum Gasteiger partial charge on any atom is 0.317 e. The van der Waals surface area contributed by atoms with Crippen LogP contribution in [0.15, 0.2) is 6.20 Å². The van der Waals surface area contributed by atoms with Gasteiger partial charge in [-0.05, 0) is 12.3 Å². The first-order chi connectivity index (χ1) is 14.3. The maximum atomic E-state index is 12.5. The fourth-order valence-corrected chi connectivity index (χ4v) is 5.10. The molecule has 9 nitrogen and oxygen atoms in total. The Morgan fingerprint density at radius 3 is 2.72 bits per heavy atom. The molecule has 4 aliphatic rings.